The van der Waals surface area contributed by atoms with E-state index in [2.05, 4.69) is 6.92 Å². The second kappa shape index (κ2) is 8.24. The molecule has 0 radical (unpaired) electrons. The Morgan fingerprint density at radius 1 is 1.38 bits per heavy atom. The lowest BCUT2D eigenvalue weighted by Crippen LogP contribution is -2.43. The fourth-order valence-electron chi connectivity index (χ4n) is 2.98. The average Bonchev–Trinajstić information content (AvgIpc) is 2.59. The van der Waals surface area contributed by atoms with Crippen LogP contribution < -0.4 is 15.2 Å². The maximum Gasteiger partial charge on any atom is 0.255 e. The highest BCUT2D eigenvalue weighted by atomic mass is 35.5. The Labute approximate surface area is 146 Å². The topological polar surface area (TPSA) is 81.9 Å². The van der Waals surface area contributed by atoms with E-state index in [0.29, 0.717) is 11.3 Å². The number of carbonyl (C=O) groups excluding carboxylic acids is 2. The molecule has 1 aliphatic rings. The molecule has 0 spiro atoms. The molecule has 7 heteroatoms. The molecule has 1 aliphatic heterocycles. The molecule has 132 valence electrons. The molecule has 2 amide bonds. The standard InChI is InChI=1S/C17H23ClN2O4/c1-3-12-6-4-5-7-20(12)17(22)11-8-13(18)16(14(9-11)23-2)24-10-15(19)21/h8-9,12H,3-7,10H2,1-2H3,(H2,19,21)/t12-/m1/s1. The van der Waals surface area contributed by atoms with Gasteiger partial charge < -0.3 is 20.1 Å². The second-order valence-corrected chi connectivity index (χ2v) is 6.21. The number of piperidine rings is 1. The van der Waals surface area contributed by atoms with E-state index in [1.807, 2.05) is 4.90 Å². The van der Waals surface area contributed by atoms with Gasteiger partial charge in [0.2, 0.25) is 0 Å². The molecule has 0 aromatic heterocycles. The van der Waals surface area contributed by atoms with E-state index < -0.39 is 5.91 Å². The minimum absolute atomic E-state index is 0.0665. The SMILES string of the molecule is CC[C@@H]1CCCCN1C(=O)c1cc(Cl)c(OCC(N)=O)c(OC)c1. The number of benzene rings is 1. The van der Waals surface area contributed by atoms with Crippen molar-refractivity contribution >= 4 is 23.4 Å². The summed E-state index contributed by atoms with van der Waals surface area (Å²) in [5, 5.41) is 0.212. The van der Waals surface area contributed by atoms with Gasteiger partial charge in [0.15, 0.2) is 18.1 Å². The van der Waals surface area contributed by atoms with Gasteiger partial charge in [0.1, 0.15) is 0 Å². The predicted molar refractivity (Wildman–Crippen MR) is 91.7 cm³/mol. The van der Waals surface area contributed by atoms with Gasteiger partial charge in [-0.05, 0) is 37.8 Å². The van der Waals surface area contributed by atoms with Crippen LogP contribution in [0.15, 0.2) is 12.1 Å². The lowest BCUT2D eigenvalue weighted by molar-refractivity contribution is -0.119. The van der Waals surface area contributed by atoms with Crippen LogP contribution in [0.3, 0.4) is 0 Å². The summed E-state index contributed by atoms with van der Waals surface area (Å²) in [6.07, 6.45) is 4.10. The van der Waals surface area contributed by atoms with Crippen molar-refractivity contribution < 1.29 is 19.1 Å². The summed E-state index contributed by atoms with van der Waals surface area (Å²) in [6, 6.07) is 3.39. The van der Waals surface area contributed by atoms with Gasteiger partial charge in [0.05, 0.1) is 12.1 Å². The first-order chi connectivity index (χ1) is 11.5. The van der Waals surface area contributed by atoms with E-state index in [-0.39, 0.29) is 29.3 Å². The summed E-state index contributed by atoms with van der Waals surface area (Å²) < 4.78 is 10.5. The van der Waals surface area contributed by atoms with Crippen LogP contribution in [0.2, 0.25) is 5.02 Å². The summed E-state index contributed by atoms with van der Waals surface area (Å²) >= 11 is 6.22. The molecular weight excluding hydrogens is 332 g/mol. The van der Waals surface area contributed by atoms with Gasteiger partial charge >= 0.3 is 0 Å². The molecule has 1 saturated heterocycles. The van der Waals surface area contributed by atoms with Crippen molar-refractivity contribution in [3.8, 4) is 11.5 Å². The fraction of sp³-hybridized carbons (Fsp3) is 0.529. The Hall–Kier alpha value is -1.95. The van der Waals surface area contributed by atoms with E-state index in [4.69, 9.17) is 26.8 Å². The first-order valence-corrected chi connectivity index (χ1v) is 8.45. The second-order valence-electron chi connectivity index (χ2n) is 5.80. The number of ether oxygens (including phenoxy) is 2. The number of nitrogens with two attached hydrogens (primary N) is 1. The Bertz CT molecular complexity index is 621. The average molecular weight is 355 g/mol. The number of primary amides is 1. The van der Waals surface area contributed by atoms with Crippen LogP contribution >= 0.6 is 11.6 Å². The molecule has 2 rings (SSSR count). The molecule has 1 fully saturated rings. The van der Waals surface area contributed by atoms with Gasteiger partial charge in [0, 0.05) is 18.2 Å². The van der Waals surface area contributed by atoms with Crippen LogP contribution in [-0.2, 0) is 4.79 Å². The highest BCUT2D eigenvalue weighted by Gasteiger charge is 2.27. The summed E-state index contributed by atoms with van der Waals surface area (Å²) in [4.78, 5) is 25.7. The molecule has 0 unspecified atom stereocenters. The molecule has 24 heavy (non-hydrogen) atoms. The van der Waals surface area contributed by atoms with Crippen molar-refractivity contribution in [2.24, 2.45) is 5.73 Å². The van der Waals surface area contributed by atoms with Crippen LogP contribution in [0.5, 0.6) is 11.5 Å². The Kier molecular flexibility index (Phi) is 6.31. The predicted octanol–water partition coefficient (Wildman–Crippen LogP) is 2.62. The van der Waals surface area contributed by atoms with Crippen molar-refractivity contribution in [2.75, 3.05) is 20.3 Å². The smallest absolute Gasteiger partial charge is 0.255 e. The van der Waals surface area contributed by atoms with Gasteiger partial charge in [-0.25, -0.2) is 0 Å². The van der Waals surface area contributed by atoms with Crippen LogP contribution in [0.1, 0.15) is 43.0 Å². The number of methoxy groups -OCH3 is 1. The molecule has 1 atom stereocenters. The Balaban J connectivity index is 2.28. The van der Waals surface area contributed by atoms with Gasteiger partial charge in [-0.2, -0.15) is 0 Å². The third-order valence-corrected chi connectivity index (χ3v) is 4.48. The monoisotopic (exact) mass is 354 g/mol. The van der Waals surface area contributed by atoms with Gasteiger partial charge in [-0.3, -0.25) is 9.59 Å². The summed E-state index contributed by atoms with van der Waals surface area (Å²) in [5.74, 6) is -0.173. The lowest BCUT2D eigenvalue weighted by Gasteiger charge is -2.35. The molecule has 1 heterocycles. The normalized spacial score (nSPS) is 17.5. The first kappa shape index (κ1) is 18.4. The van der Waals surface area contributed by atoms with Gasteiger partial charge in [-0.1, -0.05) is 18.5 Å². The van der Waals surface area contributed by atoms with Gasteiger partial charge in [0.25, 0.3) is 11.8 Å². The molecule has 1 aromatic carbocycles. The number of hydrogen-bond acceptors (Lipinski definition) is 4. The highest BCUT2D eigenvalue weighted by Crippen LogP contribution is 2.37. The van der Waals surface area contributed by atoms with Gasteiger partial charge in [-0.15, -0.1) is 0 Å². The number of hydrogen-bond donors (Lipinski definition) is 1. The van der Waals surface area contributed by atoms with Crippen LogP contribution in [0.4, 0.5) is 0 Å². The number of halogens is 1. The van der Waals surface area contributed by atoms with Crippen molar-refractivity contribution in [3.63, 3.8) is 0 Å². The minimum Gasteiger partial charge on any atom is -0.493 e. The number of amides is 2. The first-order valence-electron chi connectivity index (χ1n) is 8.07. The van der Waals surface area contributed by atoms with Crippen molar-refractivity contribution in [1.82, 2.24) is 4.90 Å². The number of likely N-dealkylation sites (tertiary alicyclic amines) is 1. The third kappa shape index (κ3) is 4.12. The van der Waals surface area contributed by atoms with E-state index in [1.54, 1.807) is 12.1 Å². The summed E-state index contributed by atoms with van der Waals surface area (Å²) in [5.41, 5.74) is 5.53. The van der Waals surface area contributed by atoms with Crippen LogP contribution in [0, 0.1) is 0 Å². The van der Waals surface area contributed by atoms with Crippen molar-refractivity contribution in [3.05, 3.63) is 22.7 Å². The number of carbonyl (C=O) groups is 2. The zero-order valence-electron chi connectivity index (χ0n) is 14.0. The van der Waals surface area contributed by atoms with E-state index in [1.165, 1.54) is 7.11 Å². The van der Waals surface area contributed by atoms with E-state index in [9.17, 15) is 9.59 Å². The van der Waals surface area contributed by atoms with Crippen LogP contribution in [-0.4, -0.2) is 43.0 Å². The maximum atomic E-state index is 12.9. The Morgan fingerprint density at radius 2 is 2.12 bits per heavy atom. The van der Waals surface area contributed by atoms with Crippen molar-refractivity contribution in [1.29, 1.82) is 0 Å². The van der Waals surface area contributed by atoms with Crippen molar-refractivity contribution in [2.45, 2.75) is 38.6 Å². The molecule has 2 N–H and O–H groups in total. The molecule has 0 bridgehead atoms. The molecule has 0 aliphatic carbocycles. The van der Waals surface area contributed by atoms with Crippen LogP contribution in [0.25, 0.3) is 0 Å². The number of nitrogens with zero attached hydrogens (tertiary/aromatic N) is 1. The highest BCUT2D eigenvalue weighted by molar-refractivity contribution is 6.32. The quantitative estimate of drug-likeness (QED) is 0.851. The molecule has 1 aromatic rings. The molecule has 0 saturated carbocycles. The number of rotatable bonds is 6. The fourth-order valence-corrected chi connectivity index (χ4v) is 3.25. The van der Waals surface area contributed by atoms with E-state index in [0.717, 1.165) is 32.2 Å². The lowest BCUT2D eigenvalue weighted by atomic mass is 9.99. The zero-order chi connectivity index (χ0) is 17.7. The van der Waals surface area contributed by atoms with E-state index >= 15 is 0 Å². The minimum atomic E-state index is -0.618. The maximum absolute atomic E-state index is 12.9. The molecular formula is C17H23ClN2O4. The third-order valence-electron chi connectivity index (χ3n) is 4.19. The largest absolute Gasteiger partial charge is 0.493 e. The Morgan fingerprint density at radius 3 is 2.75 bits per heavy atom. The summed E-state index contributed by atoms with van der Waals surface area (Å²) in [6.45, 7) is 2.52. The summed E-state index contributed by atoms with van der Waals surface area (Å²) in [7, 11) is 1.45. The zero-order valence-corrected chi connectivity index (χ0v) is 14.8. The molecule has 6 nitrogen and oxygen atoms in total.